The van der Waals surface area contributed by atoms with Crippen molar-refractivity contribution in [2.75, 3.05) is 7.11 Å². The Morgan fingerprint density at radius 1 is 1.71 bits per heavy atom. The van der Waals surface area contributed by atoms with E-state index < -0.39 is 6.04 Å². The van der Waals surface area contributed by atoms with E-state index in [4.69, 9.17) is 11.5 Å². The molecule has 1 aromatic rings. The molecule has 0 unspecified atom stereocenters. The van der Waals surface area contributed by atoms with Crippen molar-refractivity contribution >= 4 is 40.3 Å². The summed E-state index contributed by atoms with van der Waals surface area (Å²) in [5, 5.41) is 2.94. The molecule has 9 heteroatoms. The average molecular weight is 275 g/mol. The van der Waals surface area contributed by atoms with Crippen LogP contribution in [-0.2, 0) is 9.53 Å². The SMILES string of the molecule is COC(=O)[C@H](C)NSc1csc(N=C(N)N)n1. The predicted octanol–water partition coefficient (Wildman–Crippen LogP) is 0.206. The molecule has 0 saturated carbocycles. The normalized spacial score (nSPS) is 11.9. The number of hydrogen-bond acceptors (Lipinski definition) is 7. The number of aliphatic imine (C=N–C) groups is 1. The highest BCUT2D eigenvalue weighted by atomic mass is 32.2. The number of rotatable bonds is 5. The van der Waals surface area contributed by atoms with Crippen LogP contribution in [0.1, 0.15) is 6.92 Å². The van der Waals surface area contributed by atoms with Gasteiger partial charge in [-0.3, -0.25) is 4.79 Å². The quantitative estimate of drug-likeness (QED) is 0.304. The molecule has 0 spiro atoms. The van der Waals surface area contributed by atoms with Gasteiger partial charge in [0.25, 0.3) is 0 Å². The van der Waals surface area contributed by atoms with Crippen molar-refractivity contribution in [3.8, 4) is 0 Å². The molecule has 5 N–H and O–H groups in total. The fraction of sp³-hybridized carbons (Fsp3) is 0.375. The lowest BCUT2D eigenvalue weighted by atomic mass is 10.4. The van der Waals surface area contributed by atoms with E-state index in [1.165, 1.54) is 30.4 Å². The highest BCUT2D eigenvalue weighted by Crippen LogP contribution is 2.24. The van der Waals surface area contributed by atoms with Crippen LogP contribution in [0.3, 0.4) is 0 Å². The van der Waals surface area contributed by atoms with Gasteiger partial charge in [-0.05, 0) is 18.9 Å². The van der Waals surface area contributed by atoms with Gasteiger partial charge in [0.05, 0.1) is 7.11 Å². The third kappa shape index (κ3) is 4.59. The van der Waals surface area contributed by atoms with Gasteiger partial charge in [0, 0.05) is 5.38 Å². The molecule has 1 aromatic heterocycles. The summed E-state index contributed by atoms with van der Waals surface area (Å²) in [5.74, 6) is -0.371. The molecule has 0 aliphatic carbocycles. The van der Waals surface area contributed by atoms with Gasteiger partial charge >= 0.3 is 5.97 Å². The zero-order valence-corrected chi connectivity index (χ0v) is 11.0. The lowest BCUT2D eigenvalue weighted by molar-refractivity contribution is -0.142. The molecule has 1 rings (SSSR count). The fourth-order valence-corrected chi connectivity index (χ4v) is 2.32. The van der Waals surface area contributed by atoms with Crippen molar-refractivity contribution in [3.05, 3.63) is 5.38 Å². The molecular weight excluding hydrogens is 262 g/mol. The summed E-state index contributed by atoms with van der Waals surface area (Å²) >= 11 is 2.53. The minimum Gasteiger partial charge on any atom is -0.468 e. The van der Waals surface area contributed by atoms with Crippen LogP contribution in [0.4, 0.5) is 5.13 Å². The summed E-state index contributed by atoms with van der Waals surface area (Å²) in [6.07, 6.45) is 0. The maximum atomic E-state index is 11.1. The van der Waals surface area contributed by atoms with Gasteiger partial charge in [0.15, 0.2) is 5.96 Å². The fourth-order valence-electron chi connectivity index (χ4n) is 0.832. The number of nitrogens with two attached hydrogens (primary N) is 2. The second-order valence-corrected chi connectivity index (χ2v) is 4.66. The molecular formula is C8H13N5O2S2. The number of esters is 1. The lowest BCUT2D eigenvalue weighted by Gasteiger charge is -2.08. The Balaban J connectivity index is 2.50. The van der Waals surface area contributed by atoms with Crippen LogP contribution in [0, 0.1) is 0 Å². The first kappa shape index (κ1) is 13.7. The molecule has 1 heterocycles. The zero-order chi connectivity index (χ0) is 12.8. The van der Waals surface area contributed by atoms with Crippen LogP contribution < -0.4 is 16.2 Å². The van der Waals surface area contributed by atoms with Gasteiger partial charge in [-0.15, -0.1) is 11.3 Å². The number of thiazole rings is 1. The summed E-state index contributed by atoms with van der Waals surface area (Å²) in [6, 6.07) is -0.418. The minimum absolute atomic E-state index is 0.0354. The number of hydrogen-bond donors (Lipinski definition) is 3. The largest absolute Gasteiger partial charge is 0.468 e. The number of aromatic nitrogens is 1. The van der Waals surface area contributed by atoms with Crippen molar-refractivity contribution in [1.29, 1.82) is 0 Å². The van der Waals surface area contributed by atoms with E-state index in [0.29, 0.717) is 10.2 Å². The van der Waals surface area contributed by atoms with Crippen LogP contribution >= 0.6 is 23.3 Å². The van der Waals surface area contributed by atoms with Crippen molar-refractivity contribution in [2.45, 2.75) is 18.0 Å². The molecule has 94 valence electrons. The molecule has 0 aromatic carbocycles. The highest BCUT2D eigenvalue weighted by Gasteiger charge is 2.13. The van der Waals surface area contributed by atoms with E-state index in [0.717, 1.165) is 0 Å². The molecule has 0 radical (unpaired) electrons. The Bertz CT molecular complexity index is 416. The molecule has 0 saturated heterocycles. The van der Waals surface area contributed by atoms with Crippen LogP contribution in [0.15, 0.2) is 15.4 Å². The maximum absolute atomic E-state index is 11.1. The number of methoxy groups -OCH3 is 1. The number of carbonyl (C=O) groups excluding carboxylic acids is 1. The lowest BCUT2D eigenvalue weighted by Crippen LogP contribution is -2.29. The molecule has 7 nitrogen and oxygen atoms in total. The summed E-state index contributed by atoms with van der Waals surface area (Å²) in [6.45, 7) is 1.70. The van der Waals surface area contributed by atoms with E-state index in [-0.39, 0.29) is 11.9 Å². The van der Waals surface area contributed by atoms with Gasteiger partial charge in [0.1, 0.15) is 11.1 Å². The van der Waals surface area contributed by atoms with Crippen LogP contribution in [0.2, 0.25) is 0 Å². The highest BCUT2D eigenvalue weighted by molar-refractivity contribution is 7.97. The molecule has 0 aliphatic heterocycles. The van der Waals surface area contributed by atoms with Gasteiger partial charge in [-0.25, -0.2) is 9.71 Å². The van der Waals surface area contributed by atoms with E-state index in [1.807, 2.05) is 0 Å². The Morgan fingerprint density at radius 3 is 3.00 bits per heavy atom. The van der Waals surface area contributed by atoms with Crippen LogP contribution in [-0.4, -0.2) is 30.1 Å². The number of carbonyl (C=O) groups is 1. The molecule has 0 aliphatic rings. The number of ether oxygens (including phenoxy) is 1. The van der Waals surface area contributed by atoms with Crippen molar-refractivity contribution in [3.63, 3.8) is 0 Å². The van der Waals surface area contributed by atoms with Crippen molar-refractivity contribution in [2.24, 2.45) is 16.5 Å². The first-order valence-corrected chi connectivity index (χ1v) is 6.28. The molecule has 0 fully saturated rings. The first-order chi connectivity index (χ1) is 8.02. The van der Waals surface area contributed by atoms with E-state index in [1.54, 1.807) is 12.3 Å². The molecule has 0 amide bonds. The topological polar surface area (TPSA) is 116 Å². The summed E-state index contributed by atoms with van der Waals surface area (Å²) in [5.41, 5.74) is 10.4. The molecule has 0 bridgehead atoms. The third-order valence-electron chi connectivity index (χ3n) is 1.59. The summed E-state index contributed by atoms with van der Waals surface area (Å²) in [7, 11) is 1.34. The maximum Gasteiger partial charge on any atom is 0.323 e. The van der Waals surface area contributed by atoms with Gasteiger partial charge in [0.2, 0.25) is 5.13 Å². The minimum atomic E-state index is -0.418. The monoisotopic (exact) mass is 275 g/mol. The Labute approximate surface area is 107 Å². The predicted molar refractivity (Wildman–Crippen MR) is 68.1 cm³/mol. The summed E-state index contributed by atoms with van der Waals surface area (Å²) in [4.78, 5) is 19.0. The smallest absolute Gasteiger partial charge is 0.323 e. The number of nitrogens with one attached hydrogen (secondary N) is 1. The number of guanidine groups is 1. The van der Waals surface area contributed by atoms with Gasteiger partial charge in [-0.2, -0.15) is 4.99 Å². The van der Waals surface area contributed by atoms with Crippen LogP contribution in [0.5, 0.6) is 0 Å². The number of nitrogens with zero attached hydrogens (tertiary/aromatic N) is 2. The second kappa shape index (κ2) is 6.42. The third-order valence-corrected chi connectivity index (χ3v) is 3.36. The Kier molecular flexibility index (Phi) is 5.19. The standard InChI is InChI=1S/C8H13N5O2S2/c1-4(6(14)15-2)13-17-5-3-16-8(11-5)12-7(9)10/h3-4,13H,1-2H3,(H4,9,10,11,12)/t4-/m0/s1. The Morgan fingerprint density at radius 2 is 2.41 bits per heavy atom. The molecule has 1 atom stereocenters. The second-order valence-electron chi connectivity index (χ2n) is 2.97. The average Bonchev–Trinajstić information content (AvgIpc) is 2.71. The van der Waals surface area contributed by atoms with E-state index in [9.17, 15) is 4.79 Å². The van der Waals surface area contributed by atoms with E-state index in [2.05, 4.69) is 19.4 Å². The Hall–Kier alpha value is -1.32. The molecule has 17 heavy (non-hydrogen) atoms. The van der Waals surface area contributed by atoms with Crippen LogP contribution in [0.25, 0.3) is 0 Å². The van der Waals surface area contributed by atoms with E-state index >= 15 is 0 Å². The van der Waals surface area contributed by atoms with Crippen molar-refractivity contribution < 1.29 is 9.53 Å². The zero-order valence-electron chi connectivity index (χ0n) is 9.34. The van der Waals surface area contributed by atoms with Gasteiger partial charge in [-0.1, -0.05) is 0 Å². The first-order valence-electron chi connectivity index (χ1n) is 4.58. The van der Waals surface area contributed by atoms with Crippen molar-refractivity contribution in [1.82, 2.24) is 9.71 Å². The van der Waals surface area contributed by atoms with Gasteiger partial charge < -0.3 is 16.2 Å². The summed E-state index contributed by atoms with van der Waals surface area (Å²) < 4.78 is 7.46.